The molecule has 0 aliphatic carbocycles. The summed E-state index contributed by atoms with van der Waals surface area (Å²) >= 11 is 0. The van der Waals surface area contributed by atoms with E-state index >= 15 is 0 Å². The molecule has 1 aliphatic rings. The zero-order valence-corrected chi connectivity index (χ0v) is 16.2. The van der Waals surface area contributed by atoms with Gasteiger partial charge in [0.2, 0.25) is 15.9 Å². The zero-order valence-electron chi connectivity index (χ0n) is 15.4. The fraction of sp³-hybridized carbons (Fsp3) is 0.350. The van der Waals surface area contributed by atoms with Crippen molar-refractivity contribution in [2.24, 2.45) is 5.73 Å². The number of nitrogens with one attached hydrogen (secondary N) is 1. The van der Waals surface area contributed by atoms with Crippen molar-refractivity contribution in [3.63, 3.8) is 0 Å². The van der Waals surface area contributed by atoms with E-state index in [0.29, 0.717) is 32.5 Å². The number of carbonyl (C=O) groups excluding carboxylic acids is 1. The van der Waals surface area contributed by atoms with Gasteiger partial charge in [-0.3, -0.25) is 4.79 Å². The van der Waals surface area contributed by atoms with Gasteiger partial charge in [-0.1, -0.05) is 36.4 Å². The molecule has 0 bridgehead atoms. The van der Waals surface area contributed by atoms with Gasteiger partial charge in [0.05, 0.1) is 4.90 Å². The first kappa shape index (κ1) is 19.5. The number of sulfonamides is 1. The fourth-order valence-corrected chi connectivity index (χ4v) is 4.58. The van der Waals surface area contributed by atoms with Crippen LogP contribution in [0.5, 0.6) is 0 Å². The van der Waals surface area contributed by atoms with Gasteiger partial charge in [-0.15, -0.1) is 0 Å². The minimum absolute atomic E-state index is 0.0400. The molecular formula is C20H25N3O3S. The topological polar surface area (TPSA) is 92.5 Å². The SMILES string of the molecule is CC(NS(=O)(=O)c1ccc2c(c1)CCN(C(=O)CCN)C2)c1ccccc1. The van der Waals surface area contributed by atoms with Crippen LogP contribution in [0.2, 0.25) is 0 Å². The molecule has 1 heterocycles. The van der Waals surface area contributed by atoms with Gasteiger partial charge < -0.3 is 10.6 Å². The lowest BCUT2D eigenvalue weighted by molar-refractivity contribution is -0.131. The normalized spacial score (nSPS) is 15.3. The Bertz CT molecular complexity index is 913. The van der Waals surface area contributed by atoms with Crippen molar-refractivity contribution in [2.75, 3.05) is 13.1 Å². The van der Waals surface area contributed by atoms with E-state index in [1.54, 1.807) is 23.1 Å². The number of nitrogens with zero attached hydrogens (tertiary/aromatic N) is 1. The van der Waals surface area contributed by atoms with E-state index in [1.165, 1.54) is 0 Å². The Balaban J connectivity index is 1.76. The Hall–Kier alpha value is -2.22. The summed E-state index contributed by atoms with van der Waals surface area (Å²) < 4.78 is 28.3. The summed E-state index contributed by atoms with van der Waals surface area (Å²) in [6, 6.07) is 14.3. The van der Waals surface area contributed by atoms with Gasteiger partial charge in [0, 0.05) is 32.1 Å². The minimum Gasteiger partial charge on any atom is -0.338 e. The van der Waals surface area contributed by atoms with Crippen molar-refractivity contribution < 1.29 is 13.2 Å². The number of nitrogens with two attached hydrogens (primary N) is 1. The van der Waals surface area contributed by atoms with Crippen LogP contribution in [0.3, 0.4) is 0 Å². The van der Waals surface area contributed by atoms with Crippen LogP contribution in [0, 0.1) is 0 Å². The first-order chi connectivity index (χ1) is 12.9. The molecule has 0 saturated carbocycles. The maximum absolute atomic E-state index is 12.8. The van der Waals surface area contributed by atoms with E-state index in [1.807, 2.05) is 37.3 Å². The summed E-state index contributed by atoms with van der Waals surface area (Å²) in [7, 11) is -3.63. The highest BCUT2D eigenvalue weighted by Crippen LogP contribution is 2.24. The predicted molar refractivity (Wildman–Crippen MR) is 104 cm³/mol. The molecule has 0 fully saturated rings. The highest BCUT2D eigenvalue weighted by Gasteiger charge is 2.23. The molecule has 2 aromatic rings. The van der Waals surface area contributed by atoms with E-state index in [4.69, 9.17) is 5.73 Å². The molecule has 3 rings (SSSR count). The molecule has 6 nitrogen and oxygen atoms in total. The van der Waals surface area contributed by atoms with Crippen LogP contribution in [0.25, 0.3) is 0 Å². The molecule has 0 saturated heterocycles. The second kappa shape index (κ2) is 8.21. The monoisotopic (exact) mass is 387 g/mol. The molecule has 1 amide bonds. The van der Waals surface area contributed by atoms with Crippen molar-refractivity contribution in [1.29, 1.82) is 0 Å². The van der Waals surface area contributed by atoms with Crippen LogP contribution in [-0.2, 0) is 27.8 Å². The first-order valence-corrected chi connectivity index (χ1v) is 10.6. The molecule has 0 aromatic heterocycles. The molecule has 1 atom stereocenters. The number of rotatable bonds is 6. The quantitative estimate of drug-likeness (QED) is 0.792. The number of hydrogen-bond acceptors (Lipinski definition) is 4. The lowest BCUT2D eigenvalue weighted by Gasteiger charge is -2.29. The predicted octanol–water partition coefficient (Wildman–Crippen LogP) is 1.96. The average molecular weight is 388 g/mol. The maximum Gasteiger partial charge on any atom is 0.241 e. The van der Waals surface area contributed by atoms with Crippen molar-refractivity contribution in [2.45, 2.75) is 37.2 Å². The molecule has 2 aromatic carbocycles. The Kier molecular flexibility index (Phi) is 5.94. The minimum atomic E-state index is -3.63. The lowest BCUT2D eigenvalue weighted by Crippen LogP contribution is -2.37. The van der Waals surface area contributed by atoms with E-state index < -0.39 is 10.0 Å². The van der Waals surface area contributed by atoms with Crippen LogP contribution >= 0.6 is 0 Å². The largest absolute Gasteiger partial charge is 0.338 e. The van der Waals surface area contributed by atoms with E-state index in [9.17, 15) is 13.2 Å². The average Bonchev–Trinajstić information content (AvgIpc) is 2.67. The lowest BCUT2D eigenvalue weighted by atomic mass is 9.99. The molecule has 1 aliphatic heterocycles. The highest BCUT2D eigenvalue weighted by atomic mass is 32.2. The molecule has 0 radical (unpaired) electrons. The van der Waals surface area contributed by atoms with Gasteiger partial charge in [-0.05, 0) is 42.2 Å². The standard InChI is InChI=1S/C20H25N3O3S/c1-15(16-5-3-2-4-6-16)22-27(25,26)19-8-7-18-14-23(20(24)9-11-21)12-10-17(18)13-19/h2-8,13,15,22H,9-12,14,21H2,1H3. The summed E-state index contributed by atoms with van der Waals surface area (Å²) in [4.78, 5) is 14.1. The second-order valence-corrected chi connectivity index (χ2v) is 8.50. The van der Waals surface area contributed by atoms with Crippen molar-refractivity contribution >= 4 is 15.9 Å². The molecule has 0 spiro atoms. The number of benzene rings is 2. The summed E-state index contributed by atoms with van der Waals surface area (Å²) in [6.07, 6.45) is 0.979. The first-order valence-electron chi connectivity index (χ1n) is 9.07. The summed E-state index contributed by atoms with van der Waals surface area (Å²) in [5, 5.41) is 0. The number of hydrogen-bond donors (Lipinski definition) is 2. The molecule has 1 unspecified atom stereocenters. The number of fused-ring (bicyclic) bond motifs is 1. The van der Waals surface area contributed by atoms with Crippen LogP contribution in [0.4, 0.5) is 0 Å². The van der Waals surface area contributed by atoms with E-state index in [0.717, 1.165) is 16.7 Å². The van der Waals surface area contributed by atoms with Crippen LogP contribution in [0.1, 0.15) is 36.1 Å². The van der Waals surface area contributed by atoms with Crippen molar-refractivity contribution in [1.82, 2.24) is 9.62 Å². The highest BCUT2D eigenvalue weighted by molar-refractivity contribution is 7.89. The third-order valence-corrected chi connectivity index (χ3v) is 6.38. The second-order valence-electron chi connectivity index (χ2n) is 6.79. The van der Waals surface area contributed by atoms with Crippen molar-refractivity contribution in [3.8, 4) is 0 Å². The molecule has 3 N–H and O–H groups in total. The van der Waals surface area contributed by atoms with Crippen LogP contribution < -0.4 is 10.5 Å². The van der Waals surface area contributed by atoms with Crippen LogP contribution in [-0.4, -0.2) is 32.3 Å². The fourth-order valence-electron chi connectivity index (χ4n) is 3.30. The van der Waals surface area contributed by atoms with Gasteiger partial charge in [0.15, 0.2) is 0 Å². The smallest absolute Gasteiger partial charge is 0.241 e. The Labute approximate surface area is 160 Å². The Morgan fingerprint density at radius 1 is 1.19 bits per heavy atom. The van der Waals surface area contributed by atoms with Gasteiger partial charge in [0.1, 0.15) is 0 Å². The van der Waals surface area contributed by atoms with Gasteiger partial charge in [-0.2, -0.15) is 0 Å². The summed E-state index contributed by atoms with van der Waals surface area (Å²) in [5.41, 5.74) is 8.33. The molecular weight excluding hydrogens is 362 g/mol. The van der Waals surface area contributed by atoms with E-state index in [2.05, 4.69) is 4.72 Å². The summed E-state index contributed by atoms with van der Waals surface area (Å²) in [5.74, 6) is 0.0400. The number of amides is 1. The van der Waals surface area contributed by atoms with Crippen molar-refractivity contribution in [3.05, 3.63) is 65.2 Å². The van der Waals surface area contributed by atoms with Gasteiger partial charge >= 0.3 is 0 Å². The van der Waals surface area contributed by atoms with Gasteiger partial charge in [-0.25, -0.2) is 13.1 Å². The molecule has 144 valence electrons. The number of carbonyl (C=O) groups is 1. The summed E-state index contributed by atoms with van der Waals surface area (Å²) in [6.45, 7) is 3.25. The zero-order chi connectivity index (χ0) is 19.4. The third kappa shape index (κ3) is 4.55. The Morgan fingerprint density at radius 2 is 1.93 bits per heavy atom. The van der Waals surface area contributed by atoms with E-state index in [-0.39, 0.29) is 16.8 Å². The van der Waals surface area contributed by atoms with Crippen LogP contribution in [0.15, 0.2) is 53.4 Å². The third-order valence-electron chi connectivity index (χ3n) is 4.84. The molecule has 7 heteroatoms. The van der Waals surface area contributed by atoms with Gasteiger partial charge in [0.25, 0.3) is 0 Å². The molecule has 27 heavy (non-hydrogen) atoms. The Morgan fingerprint density at radius 3 is 2.63 bits per heavy atom. The maximum atomic E-state index is 12.8.